The highest BCUT2D eigenvalue weighted by molar-refractivity contribution is 5.75. The van der Waals surface area contributed by atoms with Gasteiger partial charge in [0.15, 0.2) is 0 Å². The van der Waals surface area contributed by atoms with Crippen LogP contribution in [0.2, 0.25) is 0 Å². The van der Waals surface area contributed by atoms with E-state index in [-0.39, 0.29) is 5.91 Å². The molecule has 1 amide bonds. The minimum atomic E-state index is -0.404. The Morgan fingerprint density at radius 2 is 2.21 bits per heavy atom. The van der Waals surface area contributed by atoms with Crippen molar-refractivity contribution >= 4 is 5.91 Å². The van der Waals surface area contributed by atoms with Gasteiger partial charge in [-0.2, -0.15) is 0 Å². The minimum absolute atomic E-state index is 0.00797. The first kappa shape index (κ1) is 13.4. The number of nitrogens with one attached hydrogen (secondary N) is 1. The molecule has 4 nitrogen and oxygen atoms in total. The summed E-state index contributed by atoms with van der Waals surface area (Å²) in [6.45, 7) is 3.01. The summed E-state index contributed by atoms with van der Waals surface area (Å²) in [7, 11) is 0. The lowest BCUT2D eigenvalue weighted by atomic mass is 10.2. The average molecular weight is 202 g/mol. The van der Waals surface area contributed by atoms with E-state index in [1.165, 1.54) is 0 Å². The van der Waals surface area contributed by atoms with Crippen molar-refractivity contribution in [2.45, 2.75) is 45.1 Å². The van der Waals surface area contributed by atoms with Crippen molar-refractivity contribution in [1.29, 1.82) is 0 Å². The molecule has 1 unspecified atom stereocenters. The summed E-state index contributed by atoms with van der Waals surface area (Å²) >= 11 is 0. The van der Waals surface area contributed by atoms with Crippen molar-refractivity contribution in [3.8, 4) is 0 Å². The monoisotopic (exact) mass is 202 g/mol. The van der Waals surface area contributed by atoms with Gasteiger partial charge in [0.05, 0.1) is 6.10 Å². The number of aliphatic hydroxyl groups excluding tert-OH is 1. The second-order valence-electron chi connectivity index (χ2n) is 3.49. The van der Waals surface area contributed by atoms with E-state index in [9.17, 15) is 9.90 Å². The van der Waals surface area contributed by atoms with Crippen LogP contribution in [0.4, 0.5) is 0 Å². The molecule has 0 radical (unpaired) electrons. The highest BCUT2D eigenvalue weighted by Gasteiger charge is 2.05. The molecule has 0 saturated heterocycles. The van der Waals surface area contributed by atoms with Crippen LogP contribution >= 0.6 is 0 Å². The summed E-state index contributed by atoms with van der Waals surface area (Å²) in [5, 5.41) is 12.0. The lowest BCUT2D eigenvalue weighted by Gasteiger charge is -2.10. The lowest BCUT2D eigenvalue weighted by molar-refractivity contribution is -0.121. The Morgan fingerprint density at radius 3 is 2.79 bits per heavy atom. The van der Waals surface area contributed by atoms with Crippen LogP contribution in [-0.2, 0) is 4.79 Å². The average Bonchev–Trinajstić information content (AvgIpc) is 2.16. The fourth-order valence-electron chi connectivity index (χ4n) is 1.19. The number of unbranched alkanes of at least 4 members (excludes halogenated alkanes) is 1. The van der Waals surface area contributed by atoms with Crippen molar-refractivity contribution in [2.24, 2.45) is 5.73 Å². The number of carbonyl (C=O) groups excluding carboxylic acids is 1. The van der Waals surface area contributed by atoms with E-state index < -0.39 is 6.10 Å². The zero-order valence-electron chi connectivity index (χ0n) is 8.96. The predicted molar refractivity (Wildman–Crippen MR) is 56.8 cm³/mol. The summed E-state index contributed by atoms with van der Waals surface area (Å²) in [5.74, 6) is 0.00797. The van der Waals surface area contributed by atoms with Crippen LogP contribution in [0.3, 0.4) is 0 Å². The SMILES string of the molecule is CCCC(O)CNC(=O)CCCCN. The first-order valence-electron chi connectivity index (χ1n) is 5.35. The van der Waals surface area contributed by atoms with Crippen LogP contribution in [-0.4, -0.2) is 30.2 Å². The highest BCUT2D eigenvalue weighted by atomic mass is 16.3. The molecule has 0 aromatic rings. The van der Waals surface area contributed by atoms with Crippen molar-refractivity contribution in [3.63, 3.8) is 0 Å². The number of hydrogen-bond donors (Lipinski definition) is 3. The maximum absolute atomic E-state index is 11.2. The Bertz CT molecular complexity index is 151. The minimum Gasteiger partial charge on any atom is -0.391 e. The fraction of sp³-hybridized carbons (Fsp3) is 0.900. The van der Waals surface area contributed by atoms with Gasteiger partial charge in [0.1, 0.15) is 0 Å². The lowest BCUT2D eigenvalue weighted by Crippen LogP contribution is -2.31. The second-order valence-corrected chi connectivity index (χ2v) is 3.49. The number of carbonyl (C=O) groups is 1. The van der Waals surface area contributed by atoms with E-state index in [0.29, 0.717) is 19.5 Å². The number of amides is 1. The molecule has 0 saturated carbocycles. The third-order valence-electron chi connectivity index (χ3n) is 2.01. The molecule has 0 spiro atoms. The predicted octanol–water partition coefficient (Wildman–Crippen LogP) is 0.393. The van der Waals surface area contributed by atoms with Gasteiger partial charge in [-0.05, 0) is 25.8 Å². The zero-order valence-corrected chi connectivity index (χ0v) is 8.96. The van der Waals surface area contributed by atoms with Gasteiger partial charge >= 0.3 is 0 Å². The second kappa shape index (κ2) is 8.97. The normalized spacial score (nSPS) is 12.5. The van der Waals surface area contributed by atoms with Crippen molar-refractivity contribution in [1.82, 2.24) is 5.32 Å². The van der Waals surface area contributed by atoms with E-state index in [2.05, 4.69) is 5.32 Å². The van der Waals surface area contributed by atoms with Gasteiger partial charge in [0.25, 0.3) is 0 Å². The molecule has 0 bridgehead atoms. The zero-order chi connectivity index (χ0) is 10.8. The molecule has 84 valence electrons. The van der Waals surface area contributed by atoms with Crippen LogP contribution in [0.15, 0.2) is 0 Å². The van der Waals surface area contributed by atoms with Crippen LogP contribution in [0.1, 0.15) is 39.0 Å². The Kier molecular flexibility index (Phi) is 8.57. The summed E-state index contributed by atoms with van der Waals surface area (Å²) in [6, 6.07) is 0. The number of hydrogen-bond acceptors (Lipinski definition) is 3. The van der Waals surface area contributed by atoms with Crippen molar-refractivity contribution < 1.29 is 9.90 Å². The summed E-state index contributed by atoms with van der Waals surface area (Å²) in [5.41, 5.74) is 5.30. The van der Waals surface area contributed by atoms with Gasteiger partial charge in [-0.1, -0.05) is 13.3 Å². The molecule has 0 aromatic carbocycles. The molecule has 0 aliphatic carbocycles. The molecule has 0 aliphatic heterocycles. The van der Waals surface area contributed by atoms with E-state index >= 15 is 0 Å². The summed E-state index contributed by atoms with van der Waals surface area (Å²) in [4.78, 5) is 11.2. The van der Waals surface area contributed by atoms with Gasteiger partial charge in [0, 0.05) is 13.0 Å². The molecule has 0 rings (SSSR count). The molecule has 0 heterocycles. The standard InChI is InChI=1S/C10H22N2O2/c1-2-5-9(13)8-12-10(14)6-3-4-7-11/h9,13H,2-8,11H2,1H3,(H,12,14). The van der Waals surface area contributed by atoms with Crippen LogP contribution in [0, 0.1) is 0 Å². The van der Waals surface area contributed by atoms with E-state index in [4.69, 9.17) is 5.73 Å². The van der Waals surface area contributed by atoms with Gasteiger partial charge in [0.2, 0.25) is 5.91 Å². The topological polar surface area (TPSA) is 75.3 Å². The summed E-state index contributed by atoms with van der Waals surface area (Å²) < 4.78 is 0. The van der Waals surface area contributed by atoms with Crippen molar-refractivity contribution in [2.75, 3.05) is 13.1 Å². The Labute approximate surface area is 85.9 Å². The van der Waals surface area contributed by atoms with Gasteiger partial charge in [-0.3, -0.25) is 4.79 Å². The Balaban J connectivity index is 3.34. The van der Waals surface area contributed by atoms with Crippen LogP contribution in [0.25, 0.3) is 0 Å². The third kappa shape index (κ3) is 8.01. The molecule has 0 fully saturated rings. The van der Waals surface area contributed by atoms with Crippen LogP contribution < -0.4 is 11.1 Å². The molecule has 4 N–H and O–H groups in total. The molecular formula is C10H22N2O2. The van der Waals surface area contributed by atoms with Gasteiger partial charge < -0.3 is 16.2 Å². The molecule has 14 heavy (non-hydrogen) atoms. The van der Waals surface area contributed by atoms with E-state index in [1.54, 1.807) is 0 Å². The summed E-state index contributed by atoms with van der Waals surface area (Å²) in [6.07, 6.45) is 3.49. The van der Waals surface area contributed by atoms with Gasteiger partial charge in [-0.25, -0.2) is 0 Å². The first-order valence-corrected chi connectivity index (χ1v) is 5.35. The maximum Gasteiger partial charge on any atom is 0.220 e. The quantitative estimate of drug-likeness (QED) is 0.498. The Hall–Kier alpha value is -0.610. The van der Waals surface area contributed by atoms with Gasteiger partial charge in [-0.15, -0.1) is 0 Å². The van der Waals surface area contributed by atoms with Crippen molar-refractivity contribution in [3.05, 3.63) is 0 Å². The van der Waals surface area contributed by atoms with Crippen LogP contribution in [0.5, 0.6) is 0 Å². The molecule has 1 atom stereocenters. The molecule has 0 aliphatic rings. The number of aliphatic hydroxyl groups is 1. The van der Waals surface area contributed by atoms with E-state index in [0.717, 1.165) is 25.7 Å². The highest BCUT2D eigenvalue weighted by Crippen LogP contribution is 1.96. The number of rotatable bonds is 8. The molecule has 4 heteroatoms. The fourth-order valence-corrected chi connectivity index (χ4v) is 1.19. The molecular weight excluding hydrogens is 180 g/mol. The van der Waals surface area contributed by atoms with E-state index in [1.807, 2.05) is 6.92 Å². The Morgan fingerprint density at radius 1 is 1.50 bits per heavy atom. The maximum atomic E-state index is 11.2. The number of nitrogens with two attached hydrogens (primary N) is 1. The molecule has 0 aromatic heterocycles. The smallest absolute Gasteiger partial charge is 0.220 e. The third-order valence-corrected chi connectivity index (χ3v) is 2.01. The largest absolute Gasteiger partial charge is 0.391 e. The first-order chi connectivity index (χ1) is 6.70.